The molecule has 0 radical (unpaired) electrons. The lowest BCUT2D eigenvalue weighted by Gasteiger charge is -2.06. The lowest BCUT2D eigenvalue weighted by molar-refractivity contribution is -0.114. The standard InChI is InChI=1S/C20H15N3OS/c1-14-17(12-15-8-4-2-5-9-15)19(24)23(22-14)20-21-18(13-25-20)16-10-6-3-7-11-16/h2-13H,1H3. The summed E-state index contributed by atoms with van der Waals surface area (Å²) in [5.41, 5.74) is 4.15. The topological polar surface area (TPSA) is 45.6 Å². The number of anilines is 1. The molecule has 1 aliphatic rings. The van der Waals surface area contributed by atoms with Gasteiger partial charge in [0.2, 0.25) is 5.13 Å². The second-order valence-corrected chi connectivity index (χ2v) is 6.49. The molecule has 0 atom stereocenters. The molecule has 1 amide bonds. The molecule has 25 heavy (non-hydrogen) atoms. The van der Waals surface area contributed by atoms with Gasteiger partial charge in [-0.05, 0) is 18.6 Å². The SMILES string of the molecule is CC1=NN(c2nc(-c3ccccc3)cs2)C(=O)C1=Cc1ccccc1. The Labute approximate surface area is 149 Å². The molecule has 0 aliphatic carbocycles. The lowest BCUT2D eigenvalue weighted by atomic mass is 10.1. The van der Waals surface area contributed by atoms with Crippen LogP contribution in [0.15, 0.2) is 76.7 Å². The predicted octanol–water partition coefficient (Wildman–Crippen LogP) is 4.62. The Morgan fingerprint density at radius 1 is 1.00 bits per heavy atom. The largest absolute Gasteiger partial charge is 0.282 e. The van der Waals surface area contributed by atoms with Crippen LogP contribution in [-0.4, -0.2) is 16.6 Å². The predicted molar refractivity (Wildman–Crippen MR) is 103 cm³/mol. The summed E-state index contributed by atoms with van der Waals surface area (Å²) in [5, 5.41) is 8.32. The van der Waals surface area contributed by atoms with Gasteiger partial charge >= 0.3 is 0 Å². The highest BCUT2D eigenvalue weighted by Crippen LogP contribution is 2.31. The third-order valence-corrected chi connectivity index (χ3v) is 4.73. The van der Waals surface area contributed by atoms with Crippen LogP contribution >= 0.6 is 11.3 Å². The summed E-state index contributed by atoms with van der Waals surface area (Å²) in [6.07, 6.45) is 1.87. The van der Waals surface area contributed by atoms with E-state index in [-0.39, 0.29) is 5.91 Å². The number of hydrazone groups is 1. The number of rotatable bonds is 3. The normalized spacial score (nSPS) is 15.7. The van der Waals surface area contributed by atoms with Gasteiger partial charge in [-0.3, -0.25) is 4.79 Å². The van der Waals surface area contributed by atoms with Crippen molar-refractivity contribution in [3.8, 4) is 11.3 Å². The van der Waals surface area contributed by atoms with Crippen molar-refractivity contribution in [2.24, 2.45) is 5.10 Å². The summed E-state index contributed by atoms with van der Waals surface area (Å²) in [6, 6.07) is 19.7. The first kappa shape index (κ1) is 15.5. The molecular weight excluding hydrogens is 330 g/mol. The van der Waals surface area contributed by atoms with Crippen LogP contribution in [0, 0.1) is 0 Å². The number of nitrogens with zero attached hydrogens (tertiary/aromatic N) is 3. The van der Waals surface area contributed by atoms with Crippen LogP contribution in [-0.2, 0) is 4.79 Å². The van der Waals surface area contributed by atoms with Crippen molar-refractivity contribution in [3.63, 3.8) is 0 Å². The van der Waals surface area contributed by atoms with Crippen molar-refractivity contribution in [1.82, 2.24) is 4.98 Å². The van der Waals surface area contributed by atoms with Gasteiger partial charge in [-0.15, -0.1) is 11.3 Å². The van der Waals surface area contributed by atoms with Gasteiger partial charge in [-0.1, -0.05) is 60.7 Å². The molecule has 4 nitrogen and oxygen atoms in total. The monoisotopic (exact) mass is 345 g/mol. The van der Waals surface area contributed by atoms with Gasteiger partial charge in [-0.2, -0.15) is 10.1 Å². The number of hydrogen-bond acceptors (Lipinski definition) is 4. The number of carbonyl (C=O) groups is 1. The molecule has 2 aromatic carbocycles. The van der Waals surface area contributed by atoms with Crippen LogP contribution in [0.2, 0.25) is 0 Å². The molecule has 0 bridgehead atoms. The molecule has 2 heterocycles. The zero-order valence-corrected chi connectivity index (χ0v) is 14.4. The third-order valence-electron chi connectivity index (χ3n) is 3.92. The number of amides is 1. The molecule has 122 valence electrons. The van der Waals surface area contributed by atoms with Crippen LogP contribution < -0.4 is 5.01 Å². The van der Waals surface area contributed by atoms with E-state index in [1.165, 1.54) is 16.3 Å². The first-order chi connectivity index (χ1) is 12.2. The fraction of sp³-hybridized carbons (Fsp3) is 0.0500. The molecule has 1 aromatic heterocycles. The van der Waals surface area contributed by atoms with Gasteiger partial charge < -0.3 is 0 Å². The molecule has 0 unspecified atom stereocenters. The van der Waals surface area contributed by atoms with Crippen molar-refractivity contribution in [1.29, 1.82) is 0 Å². The van der Waals surface area contributed by atoms with E-state index in [4.69, 9.17) is 0 Å². The summed E-state index contributed by atoms with van der Waals surface area (Å²) in [7, 11) is 0. The van der Waals surface area contributed by atoms with Gasteiger partial charge in [0.05, 0.1) is 17.0 Å². The van der Waals surface area contributed by atoms with E-state index in [1.54, 1.807) is 0 Å². The van der Waals surface area contributed by atoms with Crippen LogP contribution in [0.25, 0.3) is 17.3 Å². The molecule has 0 saturated heterocycles. The minimum absolute atomic E-state index is 0.143. The Morgan fingerprint density at radius 2 is 1.68 bits per heavy atom. The molecular formula is C20H15N3OS. The number of benzene rings is 2. The highest BCUT2D eigenvalue weighted by molar-refractivity contribution is 7.14. The Balaban J connectivity index is 1.64. The highest BCUT2D eigenvalue weighted by atomic mass is 32.1. The second kappa shape index (κ2) is 6.45. The zero-order valence-electron chi connectivity index (χ0n) is 13.6. The Morgan fingerprint density at radius 3 is 2.40 bits per heavy atom. The van der Waals surface area contributed by atoms with E-state index in [9.17, 15) is 4.79 Å². The number of hydrogen-bond donors (Lipinski definition) is 0. The number of thiazole rings is 1. The Kier molecular flexibility index (Phi) is 3.99. The van der Waals surface area contributed by atoms with E-state index in [0.717, 1.165) is 16.8 Å². The lowest BCUT2D eigenvalue weighted by Crippen LogP contribution is -2.21. The first-order valence-corrected chi connectivity index (χ1v) is 8.78. The number of carbonyl (C=O) groups excluding carboxylic acids is 1. The second-order valence-electron chi connectivity index (χ2n) is 5.65. The van der Waals surface area contributed by atoms with E-state index in [1.807, 2.05) is 79.0 Å². The average Bonchev–Trinajstić information content (AvgIpc) is 3.24. The van der Waals surface area contributed by atoms with Crippen molar-refractivity contribution in [2.75, 3.05) is 5.01 Å². The molecule has 5 heteroatoms. The summed E-state index contributed by atoms with van der Waals surface area (Å²) >= 11 is 1.42. The summed E-state index contributed by atoms with van der Waals surface area (Å²) < 4.78 is 0. The highest BCUT2D eigenvalue weighted by Gasteiger charge is 2.30. The van der Waals surface area contributed by atoms with Crippen LogP contribution in [0.4, 0.5) is 5.13 Å². The fourth-order valence-corrected chi connectivity index (χ4v) is 3.41. The molecule has 0 fully saturated rings. The van der Waals surface area contributed by atoms with Crippen LogP contribution in [0.1, 0.15) is 12.5 Å². The van der Waals surface area contributed by atoms with Crippen LogP contribution in [0.3, 0.4) is 0 Å². The maximum absolute atomic E-state index is 12.8. The van der Waals surface area contributed by atoms with Gasteiger partial charge in [0, 0.05) is 10.9 Å². The van der Waals surface area contributed by atoms with Crippen molar-refractivity contribution in [2.45, 2.75) is 6.92 Å². The van der Waals surface area contributed by atoms with E-state index < -0.39 is 0 Å². The van der Waals surface area contributed by atoms with E-state index in [2.05, 4.69) is 10.1 Å². The molecule has 0 N–H and O–H groups in total. The van der Waals surface area contributed by atoms with Gasteiger partial charge in [0.25, 0.3) is 5.91 Å². The van der Waals surface area contributed by atoms with Crippen molar-refractivity contribution < 1.29 is 4.79 Å². The average molecular weight is 345 g/mol. The maximum atomic E-state index is 12.8. The minimum atomic E-state index is -0.143. The molecule has 3 aromatic rings. The quantitative estimate of drug-likeness (QED) is 0.650. The number of aromatic nitrogens is 1. The summed E-state index contributed by atoms with van der Waals surface area (Å²) in [6.45, 7) is 1.85. The summed E-state index contributed by atoms with van der Waals surface area (Å²) in [4.78, 5) is 17.4. The van der Waals surface area contributed by atoms with Gasteiger partial charge in [-0.25, -0.2) is 4.98 Å². The smallest absolute Gasteiger partial charge is 0.267 e. The molecule has 4 rings (SSSR count). The van der Waals surface area contributed by atoms with Crippen molar-refractivity contribution >= 4 is 34.2 Å². The van der Waals surface area contributed by atoms with E-state index >= 15 is 0 Å². The zero-order chi connectivity index (χ0) is 17.2. The van der Waals surface area contributed by atoms with E-state index in [0.29, 0.717) is 16.4 Å². The third kappa shape index (κ3) is 3.02. The maximum Gasteiger partial charge on any atom is 0.282 e. The van der Waals surface area contributed by atoms with Gasteiger partial charge in [0.15, 0.2) is 0 Å². The van der Waals surface area contributed by atoms with Gasteiger partial charge in [0.1, 0.15) is 0 Å². The van der Waals surface area contributed by atoms with Crippen molar-refractivity contribution in [3.05, 3.63) is 77.2 Å². The molecule has 0 spiro atoms. The Bertz CT molecular complexity index is 974. The first-order valence-electron chi connectivity index (χ1n) is 7.90. The summed E-state index contributed by atoms with van der Waals surface area (Å²) in [5.74, 6) is -0.143. The fourth-order valence-electron chi connectivity index (χ4n) is 2.63. The van der Waals surface area contributed by atoms with Crippen LogP contribution in [0.5, 0.6) is 0 Å². The Hall–Kier alpha value is -3.05. The molecule has 1 aliphatic heterocycles. The minimum Gasteiger partial charge on any atom is -0.267 e. The molecule has 0 saturated carbocycles.